The quantitative estimate of drug-likeness (QED) is 0.235. The van der Waals surface area contributed by atoms with Gasteiger partial charge < -0.3 is 5.32 Å². The first-order valence-electron chi connectivity index (χ1n) is 11.0. The van der Waals surface area contributed by atoms with Crippen LogP contribution in [0, 0.1) is 6.92 Å². The molecular weight excluding hydrogens is 481 g/mol. The second kappa shape index (κ2) is 10.3. The van der Waals surface area contributed by atoms with Crippen LogP contribution in [-0.2, 0) is 4.79 Å². The monoisotopic (exact) mass is 503 g/mol. The van der Waals surface area contributed by atoms with E-state index in [1.165, 1.54) is 0 Å². The van der Waals surface area contributed by atoms with Crippen molar-refractivity contribution in [1.29, 1.82) is 0 Å². The van der Waals surface area contributed by atoms with E-state index in [1.807, 2.05) is 12.1 Å². The van der Waals surface area contributed by atoms with Crippen molar-refractivity contribution in [2.45, 2.75) is 51.5 Å². The van der Waals surface area contributed by atoms with Gasteiger partial charge in [-0.25, -0.2) is 4.68 Å². The molecule has 0 spiro atoms. The summed E-state index contributed by atoms with van der Waals surface area (Å²) in [4.78, 5) is 26.0. The predicted molar refractivity (Wildman–Crippen MR) is 133 cm³/mol. The molecule has 0 radical (unpaired) electrons. The molecule has 4 rings (SSSR count). The fourth-order valence-electron chi connectivity index (χ4n) is 4.27. The van der Waals surface area contributed by atoms with Gasteiger partial charge in [0.05, 0.1) is 16.4 Å². The molecule has 172 valence electrons. The smallest absolute Gasteiger partial charge is 0.294 e. The van der Waals surface area contributed by atoms with E-state index < -0.39 is 11.7 Å². The third kappa shape index (κ3) is 5.26. The minimum absolute atomic E-state index is 0.0211. The van der Waals surface area contributed by atoms with Crippen molar-refractivity contribution in [1.82, 2.24) is 15.1 Å². The molecule has 0 bridgehead atoms. The Morgan fingerprint density at radius 1 is 0.939 bits per heavy atom. The second-order valence-electron chi connectivity index (χ2n) is 8.33. The van der Waals surface area contributed by atoms with Crippen molar-refractivity contribution in [3.8, 4) is 16.9 Å². The zero-order valence-electron chi connectivity index (χ0n) is 18.2. The highest BCUT2D eigenvalue weighted by Gasteiger charge is 2.28. The fourth-order valence-corrected chi connectivity index (χ4v) is 4.88. The van der Waals surface area contributed by atoms with Gasteiger partial charge in [0, 0.05) is 27.2 Å². The van der Waals surface area contributed by atoms with Gasteiger partial charge in [0.15, 0.2) is 0 Å². The number of nitrogens with zero attached hydrogens (tertiary/aromatic N) is 2. The molecule has 0 atom stereocenters. The molecule has 1 aliphatic rings. The summed E-state index contributed by atoms with van der Waals surface area (Å²) >= 11 is 18.6. The van der Waals surface area contributed by atoms with E-state index in [-0.39, 0.29) is 11.7 Å². The Labute approximate surface area is 208 Å². The standard InChI is InChI=1S/C25H24Cl3N3O2/c1-15-22(24(32)25(33)29-19-6-4-2-3-5-7-19)30-31(21-13-12-18(27)14-20(21)28)23(15)16-8-10-17(26)11-9-16/h8-14,19H,2-7H2,1H3,(H,29,33). The van der Waals surface area contributed by atoms with E-state index in [0.717, 1.165) is 44.1 Å². The van der Waals surface area contributed by atoms with E-state index >= 15 is 0 Å². The van der Waals surface area contributed by atoms with Crippen LogP contribution in [0.3, 0.4) is 0 Å². The lowest BCUT2D eigenvalue weighted by Crippen LogP contribution is -2.39. The maximum atomic E-state index is 13.2. The van der Waals surface area contributed by atoms with Crippen molar-refractivity contribution >= 4 is 46.5 Å². The van der Waals surface area contributed by atoms with Gasteiger partial charge in [0.2, 0.25) is 0 Å². The van der Waals surface area contributed by atoms with Crippen LogP contribution in [0.5, 0.6) is 0 Å². The molecular formula is C25H24Cl3N3O2. The summed E-state index contributed by atoms with van der Waals surface area (Å²) < 4.78 is 1.59. The highest BCUT2D eigenvalue weighted by Crippen LogP contribution is 2.33. The number of hydrogen-bond donors (Lipinski definition) is 1. The number of hydrogen-bond acceptors (Lipinski definition) is 3. The van der Waals surface area contributed by atoms with E-state index in [4.69, 9.17) is 34.8 Å². The Hall–Kier alpha value is -2.34. The molecule has 1 amide bonds. The second-order valence-corrected chi connectivity index (χ2v) is 9.61. The largest absolute Gasteiger partial charge is 0.346 e. The molecule has 1 fully saturated rings. The molecule has 5 nitrogen and oxygen atoms in total. The molecule has 0 aliphatic heterocycles. The van der Waals surface area contributed by atoms with Crippen LogP contribution in [0.15, 0.2) is 42.5 Å². The maximum Gasteiger partial charge on any atom is 0.294 e. The van der Waals surface area contributed by atoms with Gasteiger partial charge in [-0.15, -0.1) is 0 Å². The minimum Gasteiger partial charge on any atom is -0.346 e. The number of Topliss-reactive ketones (excluding diaryl/α,β-unsaturated/α-hetero) is 1. The zero-order valence-corrected chi connectivity index (χ0v) is 20.5. The van der Waals surface area contributed by atoms with E-state index in [0.29, 0.717) is 32.0 Å². The molecule has 1 saturated carbocycles. The number of benzene rings is 2. The number of aromatic nitrogens is 2. The summed E-state index contributed by atoms with van der Waals surface area (Å²) in [5.74, 6) is -1.28. The molecule has 3 aromatic rings. The first-order valence-corrected chi connectivity index (χ1v) is 12.1. The molecule has 33 heavy (non-hydrogen) atoms. The fraction of sp³-hybridized carbons (Fsp3) is 0.320. The molecule has 8 heteroatoms. The third-order valence-corrected chi connectivity index (χ3v) is 6.78. The number of ketones is 1. The van der Waals surface area contributed by atoms with Crippen LogP contribution in [0.1, 0.15) is 54.6 Å². The number of amides is 1. The molecule has 1 aliphatic carbocycles. The van der Waals surface area contributed by atoms with Gasteiger partial charge in [0.25, 0.3) is 11.7 Å². The van der Waals surface area contributed by atoms with Crippen molar-refractivity contribution in [2.75, 3.05) is 0 Å². The summed E-state index contributed by atoms with van der Waals surface area (Å²) in [6, 6.07) is 12.3. The van der Waals surface area contributed by atoms with Gasteiger partial charge in [-0.3, -0.25) is 9.59 Å². The minimum atomic E-state index is -0.657. The van der Waals surface area contributed by atoms with Crippen LogP contribution >= 0.6 is 34.8 Å². The summed E-state index contributed by atoms with van der Waals surface area (Å²) in [6.45, 7) is 1.78. The Morgan fingerprint density at radius 2 is 1.58 bits per heavy atom. The molecule has 1 heterocycles. The Balaban J connectivity index is 1.75. The first kappa shape index (κ1) is 23.8. The van der Waals surface area contributed by atoms with Gasteiger partial charge >= 0.3 is 0 Å². The summed E-state index contributed by atoms with van der Waals surface area (Å²) in [7, 11) is 0. The average Bonchev–Trinajstić information content (AvgIpc) is 2.94. The van der Waals surface area contributed by atoms with Gasteiger partial charge in [-0.05, 0) is 50.1 Å². The lowest BCUT2D eigenvalue weighted by atomic mass is 10.0. The van der Waals surface area contributed by atoms with Crippen LogP contribution in [0.25, 0.3) is 16.9 Å². The maximum absolute atomic E-state index is 13.2. The topological polar surface area (TPSA) is 64.0 Å². The molecule has 0 unspecified atom stereocenters. The van der Waals surface area contributed by atoms with Crippen molar-refractivity contribution < 1.29 is 9.59 Å². The van der Waals surface area contributed by atoms with E-state index in [2.05, 4.69) is 10.4 Å². The van der Waals surface area contributed by atoms with Gasteiger partial charge in [-0.1, -0.05) is 72.6 Å². The highest BCUT2D eigenvalue weighted by molar-refractivity contribution is 6.43. The molecule has 1 N–H and O–H groups in total. The number of carbonyl (C=O) groups excluding carboxylic acids is 2. The zero-order chi connectivity index (χ0) is 23.5. The van der Waals surface area contributed by atoms with Gasteiger partial charge in [-0.2, -0.15) is 5.10 Å². The van der Waals surface area contributed by atoms with Crippen molar-refractivity contribution in [3.05, 3.63) is 68.8 Å². The molecule has 1 aromatic heterocycles. The third-order valence-electron chi connectivity index (χ3n) is 5.99. The average molecular weight is 505 g/mol. The van der Waals surface area contributed by atoms with Crippen molar-refractivity contribution in [3.63, 3.8) is 0 Å². The number of rotatable bonds is 5. The first-order chi connectivity index (χ1) is 15.8. The van der Waals surface area contributed by atoms with Crippen molar-refractivity contribution in [2.24, 2.45) is 0 Å². The Bertz CT molecular complexity index is 1180. The van der Waals surface area contributed by atoms with E-state index in [9.17, 15) is 9.59 Å². The summed E-state index contributed by atoms with van der Waals surface area (Å²) in [5.41, 5.74) is 2.68. The summed E-state index contributed by atoms with van der Waals surface area (Å²) in [5, 5.41) is 8.92. The Kier molecular flexibility index (Phi) is 7.42. The van der Waals surface area contributed by atoms with Crippen LogP contribution in [0.2, 0.25) is 15.1 Å². The number of nitrogens with one attached hydrogen (secondary N) is 1. The number of halogens is 3. The lowest BCUT2D eigenvalue weighted by molar-refractivity contribution is -0.117. The predicted octanol–water partition coefficient (Wildman–Crippen LogP) is 6.83. The van der Waals surface area contributed by atoms with Crippen LogP contribution in [0.4, 0.5) is 0 Å². The lowest BCUT2D eigenvalue weighted by Gasteiger charge is -2.15. The Morgan fingerprint density at radius 3 is 2.21 bits per heavy atom. The number of carbonyl (C=O) groups is 2. The van der Waals surface area contributed by atoms with Crippen LogP contribution in [-0.4, -0.2) is 27.5 Å². The normalized spacial score (nSPS) is 14.7. The molecule has 0 saturated heterocycles. The van der Waals surface area contributed by atoms with Crippen LogP contribution < -0.4 is 5.32 Å². The van der Waals surface area contributed by atoms with Gasteiger partial charge in [0.1, 0.15) is 5.69 Å². The highest BCUT2D eigenvalue weighted by atomic mass is 35.5. The molecule has 2 aromatic carbocycles. The summed E-state index contributed by atoms with van der Waals surface area (Å²) in [6.07, 6.45) is 6.23. The SMILES string of the molecule is Cc1c(C(=O)C(=O)NC2CCCCCC2)nn(-c2ccc(Cl)cc2Cl)c1-c1ccc(Cl)cc1. The van der Waals surface area contributed by atoms with E-state index in [1.54, 1.807) is 41.9 Å².